The van der Waals surface area contributed by atoms with Crippen molar-refractivity contribution in [3.8, 4) is 0 Å². The summed E-state index contributed by atoms with van der Waals surface area (Å²) < 4.78 is 0. The third-order valence-corrected chi connectivity index (χ3v) is 3.96. The highest BCUT2D eigenvalue weighted by molar-refractivity contribution is 5.39. The van der Waals surface area contributed by atoms with Crippen LogP contribution in [-0.2, 0) is 0 Å². The van der Waals surface area contributed by atoms with Crippen LogP contribution in [0.25, 0.3) is 0 Å². The van der Waals surface area contributed by atoms with Gasteiger partial charge in [-0.3, -0.25) is 4.90 Å². The quantitative estimate of drug-likeness (QED) is 0.849. The van der Waals surface area contributed by atoms with Crippen molar-refractivity contribution in [2.24, 2.45) is 5.73 Å². The maximum Gasteiger partial charge on any atom is 0.0325 e. The fraction of sp³-hybridized carbons (Fsp3) is 0.600. The molecule has 2 unspecified atom stereocenters. The maximum absolute atomic E-state index is 6.00. The molecule has 17 heavy (non-hydrogen) atoms. The number of hydrogen-bond donors (Lipinski definition) is 1. The van der Waals surface area contributed by atoms with Crippen LogP contribution >= 0.6 is 0 Å². The van der Waals surface area contributed by atoms with Crippen molar-refractivity contribution < 1.29 is 0 Å². The van der Waals surface area contributed by atoms with E-state index in [1.807, 2.05) is 0 Å². The van der Waals surface area contributed by atoms with E-state index in [4.69, 9.17) is 5.73 Å². The van der Waals surface area contributed by atoms with Crippen molar-refractivity contribution in [2.45, 2.75) is 46.2 Å². The summed E-state index contributed by atoms with van der Waals surface area (Å²) in [6.45, 7) is 11.1. The zero-order chi connectivity index (χ0) is 12.6. The van der Waals surface area contributed by atoms with Crippen molar-refractivity contribution >= 4 is 0 Å². The van der Waals surface area contributed by atoms with Gasteiger partial charge in [0.1, 0.15) is 0 Å². The predicted octanol–water partition coefficient (Wildman–Crippen LogP) is 2.71. The second-order valence-corrected chi connectivity index (χ2v) is 5.53. The number of nitrogens with zero attached hydrogens (tertiary/aromatic N) is 1. The Labute approximate surface area is 105 Å². The Bertz CT molecular complexity index is 388. The molecule has 0 amide bonds. The molecule has 2 heteroatoms. The van der Waals surface area contributed by atoms with Crippen molar-refractivity contribution in [2.75, 3.05) is 13.1 Å². The van der Waals surface area contributed by atoms with E-state index < -0.39 is 0 Å². The van der Waals surface area contributed by atoms with Gasteiger partial charge < -0.3 is 5.73 Å². The van der Waals surface area contributed by atoms with Crippen LogP contribution in [0, 0.1) is 20.8 Å². The van der Waals surface area contributed by atoms with Gasteiger partial charge in [-0.25, -0.2) is 0 Å². The number of aryl methyl sites for hydroxylation is 3. The summed E-state index contributed by atoms with van der Waals surface area (Å²) in [5.41, 5.74) is 11.7. The van der Waals surface area contributed by atoms with Gasteiger partial charge in [-0.2, -0.15) is 0 Å². The molecule has 1 heterocycles. The van der Waals surface area contributed by atoms with E-state index in [0.29, 0.717) is 12.1 Å². The number of likely N-dealkylation sites (tertiary alicyclic amines) is 1. The van der Waals surface area contributed by atoms with Gasteiger partial charge in [0.15, 0.2) is 0 Å². The van der Waals surface area contributed by atoms with Crippen LogP contribution in [0.1, 0.15) is 41.6 Å². The van der Waals surface area contributed by atoms with E-state index >= 15 is 0 Å². The molecular formula is C15H24N2. The average Bonchev–Trinajstić information content (AvgIpc) is 2.63. The van der Waals surface area contributed by atoms with Crippen molar-refractivity contribution in [3.05, 3.63) is 34.4 Å². The average molecular weight is 232 g/mol. The molecule has 1 aliphatic rings. The molecule has 2 atom stereocenters. The van der Waals surface area contributed by atoms with Crippen LogP contribution in [0.2, 0.25) is 0 Å². The molecule has 2 rings (SSSR count). The minimum absolute atomic E-state index is 0.364. The van der Waals surface area contributed by atoms with Gasteiger partial charge >= 0.3 is 0 Å². The number of nitrogens with two attached hydrogens (primary N) is 1. The Morgan fingerprint density at radius 3 is 2.29 bits per heavy atom. The van der Waals surface area contributed by atoms with Crippen molar-refractivity contribution in [3.63, 3.8) is 0 Å². The first-order chi connectivity index (χ1) is 7.99. The van der Waals surface area contributed by atoms with Crippen LogP contribution in [0.5, 0.6) is 0 Å². The molecule has 1 aromatic rings. The lowest BCUT2D eigenvalue weighted by atomic mass is 9.94. The first kappa shape index (κ1) is 12.6. The van der Waals surface area contributed by atoms with Crippen LogP contribution in [0.4, 0.5) is 0 Å². The molecule has 0 aliphatic carbocycles. The summed E-state index contributed by atoms with van der Waals surface area (Å²) >= 11 is 0. The third-order valence-electron chi connectivity index (χ3n) is 3.96. The Balaban J connectivity index is 2.27. The van der Waals surface area contributed by atoms with E-state index in [1.165, 1.54) is 22.3 Å². The molecule has 1 fully saturated rings. The molecule has 1 aliphatic heterocycles. The standard InChI is InChI=1S/C15H24N2/c1-10-7-11(2)15(12(3)8-10)13(4)17-6-5-14(16)9-17/h7-8,13-14H,5-6,9,16H2,1-4H3. The molecular weight excluding hydrogens is 208 g/mol. The Morgan fingerprint density at radius 2 is 1.82 bits per heavy atom. The van der Waals surface area contributed by atoms with E-state index in [2.05, 4.69) is 44.7 Å². The van der Waals surface area contributed by atoms with Gasteiger partial charge in [0.2, 0.25) is 0 Å². The zero-order valence-corrected chi connectivity index (χ0v) is 11.5. The maximum atomic E-state index is 6.00. The van der Waals surface area contributed by atoms with Gasteiger partial charge in [0, 0.05) is 25.2 Å². The first-order valence-electron chi connectivity index (χ1n) is 6.56. The van der Waals surface area contributed by atoms with Gasteiger partial charge in [0.25, 0.3) is 0 Å². The van der Waals surface area contributed by atoms with Gasteiger partial charge in [0.05, 0.1) is 0 Å². The highest BCUT2D eigenvalue weighted by atomic mass is 15.2. The first-order valence-corrected chi connectivity index (χ1v) is 6.56. The Kier molecular flexibility index (Phi) is 3.55. The number of rotatable bonds is 2. The lowest BCUT2D eigenvalue weighted by molar-refractivity contribution is 0.258. The molecule has 1 aromatic carbocycles. The largest absolute Gasteiger partial charge is 0.326 e. The van der Waals surface area contributed by atoms with Gasteiger partial charge in [-0.15, -0.1) is 0 Å². The molecule has 0 spiro atoms. The summed E-state index contributed by atoms with van der Waals surface area (Å²) in [7, 11) is 0. The lowest BCUT2D eigenvalue weighted by Gasteiger charge is -2.27. The summed E-state index contributed by atoms with van der Waals surface area (Å²) in [6, 6.07) is 5.43. The number of hydrogen-bond acceptors (Lipinski definition) is 2. The van der Waals surface area contributed by atoms with E-state index in [-0.39, 0.29) is 0 Å². The third kappa shape index (κ3) is 2.53. The smallest absolute Gasteiger partial charge is 0.0325 e. The SMILES string of the molecule is Cc1cc(C)c(C(C)N2CCC(N)C2)c(C)c1. The van der Waals surface area contributed by atoms with Crippen molar-refractivity contribution in [1.82, 2.24) is 4.90 Å². The van der Waals surface area contributed by atoms with Crippen LogP contribution in [-0.4, -0.2) is 24.0 Å². The highest BCUT2D eigenvalue weighted by Gasteiger charge is 2.25. The molecule has 0 aromatic heterocycles. The molecule has 94 valence electrons. The highest BCUT2D eigenvalue weighted by Crippen LogP contribution is 2.29. The summed E-state index contributed by atoms with van der Waals surface area (Å²) in [6.07, 6.45) is 1.13. The van der Waals surface area contributed by atoms with E-state index in [1.54, 1.807) is 0 Å². The van der Waals surface area contributed by atoms with Gasteiger partial charge in [-0.05, 0) is 50.8 Å². The van der Waals surface area contributed by atoms with Crippen LogP contribution in [0.3, 0.4) is 0 Å². The summed E-state index contributed by atoms with van der Waals surface area (Å²) in [5.74, 6) is 0. The fourth-order valence-electron chi connectivity index (χ4n) is 3.20. The second kappa shape index (κ2) is 4.79. The van der Waals surface area contributed by atoms with E-state index in [0.717, 1.165) is 19.5 Å². The topological polar surface area (TPSA) is 29.3 Å². The molecule has 2 nitrogen and oxygen atoms in total. The number of benzene rings is 1. The molecule has 0 bridgehead atoms. The Morgan fingerprint density at radius 1 is 1.24 bits per heavy atom. The molecule has 2 N–H and O–H groups in total. The summed E-state index contributed by atoms with van der Waals surface area (Å²) in [4.78, 5) is 2.51. The second-order valence-electron chi connectivity index (χ2n) is 5.53. The molecule has 0 saturated carbocycles. The Hall–Kier alpha value is -0.860. The molecule has 0 radical (unpaired) electrons. The lowest BCUT2D eigenvalue weighted by Crippen LogP contribution is -2.29. The van der Waals surface area contributed by atoms with Crippen LogP contribution in [0.15, 0.2) is 12.1 Å². The monoisotopic (exact) mass is 232 g/mol. The van der Waals surface area contributed by atoms with Crippen molar-refractivity contribution in [1.29, 1.82) is 0 Å². The van der Waals surface area contributed by atoms with E-state index in [9.17, 15) is 0 Å². The minimum atomic E-state index is 0.364. The predicted molar refractivity (Wildman–Crippen MR) is 73.2 cm³/mol. The molecule has 1 saturated heterocycles. The minimum Gasteiger partial charge on any atom is -0.326 e. The fourth-order valence-corrected chi connectivity index (χ4v) is 3.20. The van der Waals surface area contributed by atoms with Crippen LogP contribution < -0.4 is 5.73 Å². The normalized spacial score (nSPS) is 23.0. The van der Waals surface area contributed by atoms with Gasteiger partial charge in [-0.1, -0.05) is 17.7 Å². The summed E-state index contributed by atoms with van der Waals surface area (Å²) in [5, 5.41) is 0. The zero-order valence-electron chi connectivity index (χ0n) is 11.5.